The van der Waals surface area contributed by atoms with Crippen LogP contribution < -0.4 is 10.1 Å². The van der Waals surface area contributed by atoms with Crippen molar-refractivity contribution in [3.8, 4) is 5.75 Å². The van der Waals surface area contributed by atoms with Crippen LogP contribution in [0, 0.1) is 0 Å². The first-order valence-corrected chi connectivity index (χ1v) is 15.3. The van der Waals surface area contributed by atoms with Crippen LogP contribution in [0.1, 0.15) is 46.2 Å². The van der Waals surface area contributed by atoms with Crippen molar-refractivity contribution in [1.82, 2.24) is 19.7 Å². The van der Waals surface area contributed by atoms with Gasteiger partial charge in [-0.1, -0.05) is 30.3 Å². The Morgan fingerprint density at radius 2 is 1.52 bits per heavy atom. The summed E-state index contributed by atoms with van der Waals surface area (Å²) in [6.07, 6.45) is 6.47. The van der Waals surface area contributed by atoms with E-state index in [2.05, 4.69) is 16.4 Å². The van der Waals surface area contributed by atoms with Gasteiger partial charge in [-0.15, -0.1) is 5.10 Å². The van der Waals surface area contributed by atoms with Crippen LogP contribution in [-0.4, -0.2) is 49.3 Å². The third-order valence-electron chi connectivity index (χ3n) is 7.81. The Balaban J connectivity index is 1.40. The lowest BCUT2D eigenvalue weighted by atomic mass is 9.99. The minimum absolute atomic E-state index is 0.0737. The first-order chi connectivity index (χ1) is 19.3. The molecule has 0 aliphatic heterocycles. The average molecular weight is 558 g/mol. The van der Waals surface area contributed by atoms with Gasteiger partial charge in [0.25, 0.3) is 5.16 Å². The number of rotatable bonds is 9. The number of aryl methyl sites for hydroxylation is 2. The molecule has 0 fully saturated rings. The van der Waals surface area contributed by atoms with Gasteiger partial charge in [0.15, 0.2) is 0 Å². The van der Waals surface area contributed by atoms with E-state index < -0.39 is 9.84 Å². The lowest BCUT2D eigenvalue weighted by Crippen LogP contribution is -2.14. The molecule has 0 saturated heterocycles. The van der Waals surface area contributed by atoms with Gasteiger partial charge in [-0.05, 0) is 110 Å². The first kappa shape index (κ1) is 26.5. The first-order valence-electron chi connectivity index (χ1n) is 13.8. The Bertz CT molecular complexity index is 1610. The van der Waals surface area contributed by atoms with Crippen LogP contribution in [0.25, 0.3) is 0 Å². The summed E-state index contributed by atoms with van der Waals surface area (Å²) in [5.41, 5.74) is 8.47. The number of ether oxygens (including phenoxy) is 1. The minimum Gasteiger partial charge on any atom is -0.497 e. The van der Waals surface area contributed by atoms with Gasteiger partial charge < -0.3 is 15.0 Å². The molecule has 4 aromatic rings. The molecule has 1 N–H and O–H groups in total. The molecule has 9 heteroatoms. The summed E-state index contributed by atoms with van der Waals surface area (Å²) in [4.78, 5) is 6.87. The van der Waals surface area contributed by atoms with Gasteiger partial charge >= 0.3 is 0 Å². The molecular weight excluding hydrogens is 522 g/mol. The van der Waals surface area contributed by atoms with E-state index in [0.29, 0.717) is 5.95 Å². The second-order valence-electron chi connectivity index (χ2n) is 11.0. The third-order valence-corrected chi connectivity index (χ3v) is 9.49. The lowest BCUT2D eigenvalue weighted by Gasteiger charge is -2.15. The Hall–Kier alpha value is -3.69. The lowest BCUT2D eigenvalue weighted by molar-refractivity contribution is 0.402. The van der Waals surface area contributed by atoms with Crippen molar-refractivity contribution in [2.45, 2.75) is 61.7 Å². The highest BCUT2D eigenvalue weighted by molar-refractivity contribution is 7.91. The topological polar surface area (TPSA) is 89.3 Å². The van der Waals surface area contributed by atoms with Crippen molar-refractivity contribution in [1.29, 1.82) is 0 Å². The predicted molar refractivity (Wildman–Crippen MR) is 155 cm³/mol. The van der Waals surface area contributed by atoms with Crippen molar-refractivity contribution in [3.63, 3.8) is 0 Å². The number of benzene rings is 3. The highest BCUT2D eigenvalue weighted by Crippen LogP contribution is 2.39. The normalized spacial score (nSPS) is 14.4. The zero-order chi connectivity index (χ0) is 27.9. The number of sulfone groups is 1. The number of aromatic nitrogens is 3. The van der Waals surface area contributed by atoms with Crippen molar-refractivity contribution in [2.24, 2.45) is 0 Å². The van der Waals surface area contributed by atoms with Gasteiger partial charge in [0.2, 0.25) is 15.8 Å². The summed E-state index contributed by atoms with van der Waals surface area (Å²) in [5, 5.41) is 8.14. The maximum Gasteiger partial charge on any atom is 0.252 e. The molecule has 0 saturated carbocycles. The Kier molecular flexibility index (Phi) is 7.10. The molecule has 0 atom stereocenters. The van der Waals surface area contributed by atoms with Gasteiger partial charge in [-0.25, -0.2) is 13.1 Å². The van der Waals surface area contributed by atoms with Crippen LogP contribution in [0.2, 0.25) is 0 Å². The monoisotopic (exact) mass is 557 g/mol. The van der Waals surface area contributed by atoms with Gasteiger partial charge in [0, 0.05) is 12.2 Å². The van der Waals surface area contributed by atoms with Crippen molar-refractivity contribution in [3.05, 3.63) is 88.0 Å². The molecule has 8 nitrogen and oxygen atoms in total. The molecule has 0 spiro atoms. The maximum atomic E-state index is 13.9. The van der Waals surface area contributed by atoms with Crippen LogP contribution in [0.15, 0.2) is 64.6 Å². The molecule has 1 aromatic heterocycles. The molecule has 3 aromatic carbocycles. The van der Waals surface area contributed by atoms with E-state index in [0.717, 1.165) is 67.6 Å². The minimum atomic E-state index is -3.93. The fraction of sp³-hybridized carbons (Fsp3) is 0.355. The maximum absolute atomic E-state index is 13.9. The summed E-state index contributed by atoms with van der Waals surface area (Å²) in [6, 6.07) is 16.9. The smallest absolute Gasteiger partial charge is 0.252 e. The van der Waals surface area contributed by atoms with Gasteiger partial charge in [-0.2, -0.15) is 4.98 Å². The second kappa shape index (κ2) is 10.7. The molecule has 0 bridgehead atoms. The summed E-state index contributed by atoms with van der Waals surface area (Å²) < 4.78 is 34.7. The van der Waals surface area contributed by atoms with Crippen molar-refractivity contribution >= 4 is 21.5 Å². The number of hydrogen-bond donors (Lipinski definition) is 1. The largest absolute Gasteiger partial charge is 0.497 e. The molecule has 1 heterocycles. The zero-order valence-electron chi connectivity index (χ0n) is 23.3. The highest BCUT2D eigenvalue weighted by Gasteiger charge is 2.29. The number of methoxy groups -OCH3 is 1. The van der Waals surface area contributed by atoms with E-state index in [1.165, 1.54) is 26.9 Å². The molecule has 2 aliphatic carbocycles. The van der Waals surface area contributed by atoms with E-state index in [4.69, 9.17) is 9.84 Å². The van der Waals surface area contributed by atoms with Crippen LogP contribution in [-0.2, 0) is 48.6 Å². The summed E-state index contributed by atoms with van der Waals surface area (Å²) in [5.74, 6) is 1.05. The average Bonchev–Trinajstić information content (AvgIpc) is 3.69. The summed E-state index contributed by atoms with van der Waals surface area (Å²) >= 11 is 0. The number of anilines is 2. The molecule has 2 aliphatic rings. The van der Waals surface area contributed by atoms with Gasteiger partial charge in [0.05, 0.1) is 18.6 Å². The quantitative estimate of drug-likeness (QED) is 0.311. The Morgan fingerprint density at radius 3 is 2.12 bits per heavy atom. The van der Waals surface area contributed by atoms with Crippen molar-refractivity contribution in [2.75, 3.05) is 26.5 Å². The highest BCUT2D eigenvalue weighted by atomic mass is 32.2. The Morgan fingerprint density at radius 1 is 0.900 bits per heavy atom. The number of hydrogen-bond acceptors (Lipinski definition) is 7. The van der Waals surface area contributed by atoms with E-state index in [1.807, 2.05) is 55.4 Å². The van der Waals surface area contributed by atoms with E-state index >= 15 is 0 Å². The van der Waals surface area contributed by atoms with E-state index in [-0.39, 0.29) is 16.6 Å². The summed E-state index contributed by atoms with van der Waals surface area (Å²) in [6.45, 7) is 0.991. The zero-order valence-corrected chi connectivity index (χ0v) is 24.1. The SMILES string of the molecule is COc1ccc(Cn2nc(Nc3c4c(cc5c3CCC5)CCC4)nc2S(=O)(=O)c2ccc(CN(C)C)cc2)cc1. The molecular formula is C31H35N5O3S. The Labute approximate surface area is 235 Å². The molecule has 208 valence electrons. The number of nitrogens with one attached hydrogen (secondary N) is 1. The fourth-order valence-electron chi connectivity index (χ4n) is 5.91. The van der Waals surface area contributed by atoms with Crippen molar-refractivity contribution < 1.29 is 13.2 Å². The predicted octanol–water partition coefficient (Wildman–Crippen LogP) is 4.95. The van der Waals surface area contributed by atoms with Crippen LogP contribution in [0.4, 0.5) is 11.6 Å². The summed E-state index contributed by atoms with van der Waals surface area (Å²) in [7, 11) is 1.66. The number of fused-ring (bicyclic) bond motifs is 2. The van der Waals surface area contributed by atoms with Crippen LogP contribution >= 0.6 is 0 Å². The third kappa shape index (κ3) is 5.11. The molecule has 6 rings (SSSR count). The van der Waals surface area contributed by atoms with Crippen LogP contribution in [0.5, 0.6) is 5.75 Å². The molecule has 0 amide bonds. The van der Waals surface area contributed by atoms with Gasteiger partial charge in [-0.3, -0.25) is 0 Å². The molecule has 40 heavy (non-hydrogen) atoms. The molecule has 0 radical (unpaired) electrons. The fourth-order valence-corrected chi connectivity index (χ4v) is 7.20. The number of nitrogens with zero attached hydrogens (tertiary/aromatic N) is 4. The van der Waals surface area contributed by atoms with Crippen LogP contribution in [0.3, 0.4) is 0 Å². The van der Waals surface area contributed by atoms with E-state index in [9.17, 15) is 8.42 Å². The molecule has 0 unspecified atom stereocenters. The van der Waals surface area contributed by atoms with E-state index in [1.54, 1.807) is 19.2 Å². The van der Waals surface area contributed by atoms with Gasteiger partial charge in [0.1, 0.15) is 5.75 Å². The standard InChI is InChI=1S/C31H35N5O3S/c1-35(2)19-21-12-16-26(17-13-21)40(37,38)31-33-30(34-36(31)20-22-10-14-25(39-3)15-11-22)32-29-27-8-4-6-23(27)18-24-7-5-9-28(24)29/h10-18H,4-9,19-20H2,1-3H3,(H,32,34). The second-order valence-corrected chi connectivity index (χ2v) is 12.8.